The highest BCUT2D eigenvalue weighted by molar-refractivity contribution is 7.18. The average molecular weight is 434 g/mol. The first-order valence-corrected chi connectivity index (χ1v) is 10.2. The van der Waals surface area contributed by atoms with E-state index in [1.807, 2.05) is 6.92 Å². The second-order valence-corrected chi connectivity index (χ2v) is 8.53. The second kappa shape index (κ2) is 7.74. The normalized spacial score (nSPS) is 14.6. The molecule has 1 saturated carbocycles. The van der Waals surface area contributed by atoms with Crippen molar-refractivity contribution in [3.8, 4) is 5.88 Å². The van der Waals surface area contributed by atoms with Gasteiger partial charge in [-0.15, -0.1) is 0 Å². The van der Waals surface area contributed by atoms with Crippen molar-refractivity contribution in [3.63, 3.8) is 0 Å². The number of rotatable bonds is 6. The van der Waals surface area contributed by atoms with Gasteiger partial charge in [-0.2, -0.15) is 0 Å². The van der Waals surface area contributed by atoms with Crippen LogP contribution in [-0.4, -0.2) is 41.8 Å². The number of carbonyl (C=O) groups excluding carboxylic acids is 1. The molecular weight excluding hydrogens is 414 g/mol. The SMILES string of the molecule is COCC1(c2c(NC(=O)Nc3cnc(OC)c(Cl)c3)cnc3sc(C)nc23)CC1. The molecule has 4 rings (SSSR count). The molecule has 0 bridgehead atoms. The van der Waals surface area contributed by atoms with Crippen LogP contribution in [0.2, 0.25) is 5.02 Å². The molecule has 1 fully saturated rings. The summed E-state index contributed by atoms with van der Waals surface area (Å²) in [6, 6.07) is 1.16. The zero-order valence-corrected chi connectivity index (χ0v) is 17.8. The molecule has 29 heavy (non-hydrogen) atoms. The Morgan fingerprint density at radius 2 is 2.07 bits per heavy atom. The molecule has 152 valence electrons. The number of halogens is 1. The lowest BCUT2D eigenvalue weighted by Gasteiger charge is -2.19. The van der Waals surface area contributed by atoms with E-state index in [-0.39, 0.29) is 5.41 Å². The maximum absolute atomic E-state index is 12.6. The zero-order chi connectivity index (χ0) is 20.6. The van der Waals surface area contributed by atoms with E-state index >= 15 is 0 Å². The fraction of sp³-hybridized carbons (Fsp3) is 0.368. The molecular formula is C19H20ClN5O3S. The van der Waals surface area contributed by atoms with Crippen molar-refractivity contribution >= 4 is 50.7 Å². The molecule has 2 amide bonds. The van der Waals surface area contributed by atoms with Crippen molar-refractivity contribution in [3.05, 3.63) is 34.1 Å². The lowest BCUT2D eigenvalue weighted by molar-refractivity contribution is 0.172. The van der Waals surface area contributed by atoms with Crippen molar-refractivity contribution in [2.75, 3.05) is 31.5 Å². The van der Waals surface area contributed by atoms with Crippen LogP contribution < -0.4 is 15.4 Å². The van der Waals surface area contributed by atoms with E-state index < -0.39 is 6.03 Å². The van der Waals surface area contributed by atoms with Crippen molar-refractivity contribution in [2.45, 2.75) is 25.2 Å². The Bertz CT molecular complexity index is 1080. The van der Waals surface area contributed by atoms with Gasteiger partial charge in [-0.3, -0.25) is 0 Å². The molecule has 3 heterocycles. The van der Waals surface area contributed by atoms with E-state index in [0.717, 1.165) is 33.8 Å². The minimum absolute atomic E-state index is 0.149. The molecule has 1 aliphatic rings. The van der Waals surface area contributed by atoms with Gasteiger partial charge in [-0.05, 0) is 25.8 Å². The van der Waals surface area contributed by atoms with Gasteiger partial charge >= 0.3 is 6.03 Å². The molecule has 0 aromatic carbocycles. The van der Waals surface area contributed by atoms with Gasteiger partial charge in [-0.25, -0.2) is 19.7 Å². The van der Waals surface area contributed by atoms with Gasteiger partial charge in [0.05, 0.1) is 42.5 Å². The van der Waals surface area contributed by atoms with Crippen LogP contribution in [-0.2, 0) is 10.2 Å². The molecule has 3 aromatic rings. The molecule has 10 heteroatoms. The standard InChI is InChI=1S/C19H20ClN5O3S/c1-10-23-15-14(19(4-5-19)9-27-2)13(8-22-17(15)29-10)25-18(26)24-11-6-12(20)16(28-3)21-7-11/h6-8H,4-5,9H2,1-3H3,(H2,24,25,26). The van der Waals surface area contributed by atoms with Crippen LogP contribution in [0.5, 0.6) is 5.88 Å². The molecule has 0 aliphatic heterocycles. The number of methoxy groups -OCH3 is 2. The largest absolute Gasteiger partial charge is 0.480 e. The lowest BCUT2D eigenvalue weighted by atomic mass is 9.95. The Labute approximate surface area is 176 Å². The predicted molar refractivity (Wildman–Crippen MR) is 113 cm³/mol. The van der Waals surface area contributed by atoms with Crippen LogP contribution in [0.1, 0.15) is 23.4 Å². The number of aromatic nitrogens is 3. The van der Waals surface area contributed by atoms with Crippen molar-refractivity contribution in [1.29, 1.82) is 0 Å². The minimum Gasteiger partial charge on any atom is -0.480 e. The van der Waals surface area contributed by atoms with Crippen molar-refractivity contribution < 1.29 is 14.3 Å². The van der Waals surface area contributed by atoms with Gasteiger partial charge in [-0.1, -0.05) is 22.9 Å². The van der Waals surface area contributed by atoms with Crippen LogP contribution in [0, 0.1) is 6.92 Å². The van der Waals surface area contributed by atoms with E-state index in [1.165, 1.54) is 24.6 Å². The first kappa shape index (κ1) is 19.8. The fourth-order valence-corrected chi connectivity index (χ4v) is 4.45. The Kier molecular flexibility index (Phi) is 5.28. The monoisotopic (exact) mass is 433 g/mol. The number of carbonyl (C=O) groups is 1. The fourth-order valence-electron chi connectivity index (χ4n) is 3.44. The Morgan fingerprint density at radius 3 is 2.72 bits per heavy atom. The third-order valence-corrected chi connectivity index (χ3v) is 5.99. The summed E-state index contributed by atoms with van der Waals surface area (Å²) in [5, 5.41) is 6.89. The number of amides is 2. The molecule has 0 unspecified atom stereocenters. The number of pyridine rings is 2. The number of nitrogens with one attached hydrogen (secondary N) is 2. The van der Waals surface area contributed by atoms with E-state index in [1.54, 1.807) is 19.4 Å². The zero-order valence-electron chi connectivity index (χ0n) is 16.2. The second-order valence-electron chi connectivity index (χ2n) is 6.94. The van der Waals surface area contributed by atoms with E-state index in [0.29, 0.717) is 28.9 Å². The average Bonchev–Trinajstić information content (AvgIpc) is 3.34. The lowest BCUT2D eigenvalue weighted by Crippen LogP contribution is -2.23. The van der Waals surface area contributed by atoms with Crippen molar-refractivity contribution in [2.24, 2.45) is 0 Å². The Hall–Kier alpha value is -2.49. The maximum Gasteiger partial charge on any atom is 0.323 e. The first-order chi connectivity index (χ1) is 14.0. The number of thiazole rings is 1. The summed E-state index contributed by atoms with van der Waals surface area (Å²) in [6.07, 6.45) is 5.11. The highest BCUT2D eigenvalue weighted by atomic mass is 35.5. The molecule has 0 saturated heterocycles. The Morgan fingerprint density at radius 1 is 1.28 bits per heavy atom. The number of hydrogen-bond acceptors (Lipinski definition) is 7. The highest BCUT2D eigenvalue weighted by Crippen LogP contribution is 2.53. The summed E-state index contributed by atoms with van der Waals surface area (Å²) >= 11 is 7.62. The van der Waals surface area contributed by atoms with Gasteiger partial charge in [0.15, 0.2) is 0 Å². The summed E-state index contributed by atoms with van der Waals surface area (Å²) in [6.45, 7) is 2.52. The van der Waals surface area contributed by atoms with Crippen LogP contribution in [0.4, 0.5) is 16.2 Å². The van der Waals surface area contributed by atoms with E-state index in [2.05, 4.69) is 25.6 Å². The van der Waals surface area contributed by atoms with Gasteiger partial charge < -0.3 is 20.1 Å². The number of fused-ring (bicyclic) bond motifs is 1. The Balaban J connectivity index is 1.64. The summed E-state index contributed by atoms with van der Waals surface area (Å²) < 4.78 is 10.5. The van der Waals surface area contributed by atoms with E-state index in [4.69, 9.17) is 21.1 Å². The molecule has 1 aliphatic carbocycles. The molecule has 8 nitrogen and oxygen atoms in total. The number of anilines is 2. The van der Waals surface area contributed by atoms with E-state index in [9.17, 15) is 4.79 Å². The molecule has 0 atom stereocenters. The topological polar surface area (TPSA) is 98.3 Å². The molecule has 0 spiro atoms. The molecule has 2 N–H and O–H groups in total. The smallest absolute Gasteiger partial charge is 0.323 e. The van der Waals surface area contributed by atoms with Gasteiger partial charge in [0.1, 0.15) is 15.4 Å². The summed E-state index contributed by atoms with van der Waals surface area (Å²) in [7, 11) is 3.16. The summed E-state index contributed by atoms with van der Waals surface area (Å²) in [5.74, 6) is 0.295. The summed E-state index contributed by atoms with van der Waals surface area (Å²) in [5.41, 5.74) is 2.74. The quantitative estimate of drug-likeness (QED) is 0.598. The number of urea groups is 1. The third-order valence-electron chi connectivity index (χ3n) is 4.84. The van der Waals surface area contributed by atoms with Crippen LogP contribution >= 0.6 is 22.9 Å². The summed E-state index contributed by atoms with van der Waals surface area (Å²) in [4.78, 5) is 26.7. The van der Waals surface area contributed by atoms with Crippen LogP contribution in [0.25, 0.3) is 10.3 Å². The minimum atomic E-state index is -0.421. The maximum atomic E-state index is 12.6. The molecule has 0 radical (unpaired) electrons. The number of ether oxygens (including phenoxy) is 2. The number of hydrogen-bond donors (Lipinski definition) is 2. The third kappa shape index (κ3) is 3.85. The number of nitrogens with zero attached hydrogens (tertiary/aromatic N) is 3. The molecule has 3 aromatic heterocycles. The van der Waals surface area contributed by atoms with Crippen molar-refractivity contribution in [1.82, 2.24) is 15.0 Å². The predicted octanol–water partition coefficient (Wildman–Crippen LogP) is 4.38. The van der Waals surface area contributed by atoms with Gasteiger partial charge in [0.25, 0.3) is 0 Å². The first-order valence-electron chi connectivity index (χ1n) is 8.99. The van der Waals surface area contributed by atoms with Gasteiger partial charge in [0.2, 0.25) is 5.88 Å². The van der Waals surface area contributed by atoms with Crippen LogP contribution in [0.15, 0.2) is 18.5 Å². The van der Waals surface area contributed by atoms with Crippen LogP contribution in [0.3, 0.4) is 0 Å². The van der Waals surface area contributed by atoms with Gasteiger partial charge in [0, 0.05) is 18.1 Å². The number of aryl methyl sites for hydroxylation is 1. The highest BCUT2D eigenvalue weighted by Gasteiger charge is 2.48.